The minimum atomic E-state index is -1.03. The van der Waals surface area contributed by atoms with Crippen LogP contribution in [0.5, 0.6) is 11.5 Å². The third kappa shape index (κ3) is 9.43. The summed E-state index contributed by atoms with van der Waals surface area (Å²) in [5.41, 5.74) is 0.556. The molecule has 3 N–H and O–H groups in total. The normalized spacial score (nSPS) is 18.9. The van der Waals surface area contributed by atoms with Crippen molar-refractivity contribution in [2.75, 3.05) is 20.4 Å². The first-order valence-corrected chi connectivity index (χ1v) is 17.3. The molecule has 2 aromatic carbocycles. The third-order valence-electron chi connectivity index (χ3n) is 8.88. The molecule has 0 aromatic heterocycles. The summed E-state index contributed by atoms with van der Waals surface area (Å²) < 4.78 is 26.7. The van der Waals surface area contributed by atoms with Gasteiger partial charge in [0.1, 0.15) is 29.9 Å². The number of fused-ring (bicyclic) bond motifs is 2. The van der Waals surface area contributed by atoms with Gasteiger partial charge in [-0.2, -0.15) is 0 Å². The van der Waals surface area contributed by atoms with Gasteiger partial charge in [0.15, 0.2) is 0 Å². The van der Waals surface area contributed by atoms with Gasteiger partial charge >= 0.3 is 5.97 Å². The number of benzene rings is 2. The number of rotatable bonds is 14. The van der Waals surface area contributed by atoms with Crippen LogP contribution >= 0.6 is 0 Å². The number of hydrogen-bond acceptors (Lipinski definition) is 12. The Labute approximate surface area is 314 Å². The number of carboxylic acid groups (broad SMARTS) is 1. The Kier molecular flexibility index (Phi) is 13.9. The van der Waals surface area contributed by atoms with Crippen LogP contribution in [0, 0.1) is 0 Å². The van der Waals surface area contributed by atoms with Crippen LogP contribution in [-0.2, 0) is 28.8 Å². The predicted molar refractivity (Wildman–Crippen MR) is 186 cm³/mol. The second kappa shape index (κ2) is 19.1. The summed E-state index contributed by atoms with van der Waals surface area (Å²) in [6, 6.07) is 7.30. The average molecular weight is 768 g/mol. The highest BCUT2D eigenvalue weighted by Gasteiger charge is 2.47. The van der Waals surface area contributed by atoms with Crippen LogP contribution in [-0.4, -0.2) is 107 Å². The number of unbranched alkanes of at least 4 members (excludes halogenated alkanes) is 3. The molecule has 4 heterocycles. The van der Waals surface area contributed by atoms with Crippen molar-refractivity contribution in [3.05, 3.63) is 58.7 Å². The highest BCUT2D eigenvalue weighted by atomic mass is 19.1. The molecule has 18 heteroatoms. The van der Waals surface area contributed by atoms with Gasteiger partial charge in [-0.1, -0.05) is 12.1 Å². The van der Waals surface area contributed by atoms with E-state index in [-0.39, 0.29) is 72.5 Å². The SMILES string of the molecule is O=C(O)CCCCOc1cccc2c1C(=O)N(C1CCC(=O)NC1=O)C2=O.O=CCCCCOc1cccc2c1C(=O)N(C1CCC(=O)NC1=O)C2=O.[2H]CF. The number of nitrogens with one attached hydrogen (secondary N) is 2. The highest BCUT2D eigenvalue weighted by molar-refractivity contribution is 6.25. The first-order valence-electron chi connectivity index (χ1n) is 18.0. The molecule has 17 nitrogen and oxygen atoms in total. The Hall–Kier alpha value is -6.33. The lowest BCUT2D eigenvalue weighted by Gasteiger charge is -2.27. The van der Waals surface area contributed by atoms with Crippen LogP contribution in [0.25, 0.3) is 0 Å². The number of alkyl halides is 1. The van der Waals surface area contributed by atoms with Crippen molar-refractivity contribution in [2.24, 2.45) is 0 Å². The molecule has 55 heavy (non-hydrogen) atoms. The number of hydrogen-bond donors (Lipinski definition) is 3. The van der Waals surface area contributed by atoms with E-state index in [1.165, 1.54) is 12.1 Å². The largest absolute Gasteiger partial charge is 0.493 e. The molecule has 0 saturated carbocycles. The van der Waals surface area contributed by atoms with E-state index in [4.69, 9.17) is 16.0 Å². The van der Waals surface area contributed by atoms with E-state index in [0.717, 1.165) is 16.1 Å². The van der Waals surface area contributed by atoms with Crippen molar-refractivity contribution < 1.29 is 68.3 Å². The van der Waals surface area contributed by atoms with Crippen molar-refractivity contribution in [1.82, 2.24) is 20.4 Å². The summed E-state index contributed by atoms with van der Waals surface area (Å²) in [5, 5.41) is 12.9. The number of carboxylic acids is 1. The molecule has 0 spiro atoms. The van der Waals surface area contributed by atoms with Crippen molar-refractivity contribution in [1.29, 1.82) is 0 Å². The molecular weight excluding hydrogens is 727 g/mol. The minimum absolute atomic E-state index is 0.0248. The first-order chi connectivity index (χ1) is 26.9. The third-order valence-corrected chi connectivity index (χ3v) is 8.88. The Morgan fingerprint density at radius 3 is 1.60 bits per heavy atom. The molecule has 0 aliphatic carbocycles. The van der Waals surface area contributed by atoms with Crippen molar-refractivity contribution >= 4 is 59.5 Å². The number of aldehydes is 1. The average Bonchev–Trinajstić information content (AvgIpc) is 3.56. The number of halogens is 1. The molecule has 4 aliphatic rings. The standard InChI is InChI=1S/C18H18N2O7.C18H18N2O6.CH3F/c21-13-8-7-11(16(24)19-13)20-17(25)10-4-3-5-12(15(10)18(20)26)27-9-2-1-6-14(22)23;21-9-2-1-3-10-26-13-6-4-5-11-15(13)18(25)20(17(11)24)12-7-8-14(22)19-16(12)23;1-2/h3-5,11H,1-2,6-9H2,(H,22,23)(H,19,21,24);4-6,9,12H,1-3,7-8,10H2,(H,19,22,23);1H3/i;;1D. The van der Waals surface area contributed by atoms with Crippen LogP contribution in [0.1, 0.15) is 107 Å². The number of imide groups is 4. The highest BCUT2D eigenvalue weighted by Crippen LogP contribution is 2.35. The molecular formula is C37H39FN4O13. The monoisotopic (exact) mass is 767 g/mol. The van der Waals surface area contributed by atoms with E-state index >= 15 is 0 Å². The molecule has 292 valence electrons. The van der Waals surface area contributed by atoms with Gasteiger partial charge in [0.2, 0.25) is 23.6 Å². The lowest BCUT2D eigenvalue weighted by atomic mass is 10.0. The molecule has 2 saturated heterocycles. The van der Waals surface area contributed by atoms with Crippen LogP contribution in [0.2, 0.25) is 0 Å². The van der Waals surface area contributed by atoms with Crippen LogP contribution in [0.15, 0.2) is 36.4 Å². The van der Waals surface area contributed by atoms with Crippen LogP contribution < -0.4 is 20.1 Å². The van der Waals surface area contributed by atoms with Gasteiger partial charge in [-0.05, 0) is 62.8 Å². The lowest BCUT2D eigenvalue weighted by molar-refractivity contribution is -0.138. The summed E-state index contributed by atoms with van der Waals surface area (Å²) in [7, 11) is -1.00. The van der Waals surface area contributed by atoms with Gasteiger partial charge in [0.25, 0.3) is 23.6 Å². The van der Waals surface area contributed by atoms with Gasteiger partial charge in [-0.15, -0.1) is 0 Å². The predicted octanol–water partition coefficient (Wildman–Crippen LogP) is 2.14. The summed E-state index contributed by atoms with van der Waals surface area (Å²) in [4.78, 5) is 120. The van der Waals surface area contributed by atoms with Crippen LogP contribution in [0.4, 0.5) is 4.39 Å². The fourth-order valence-corrected chi connectivity index (χ4v) is 6.28. The zero-order valence-corrected chi connectivity index (χ0v) is 29.5. The Morgan fingerprint density at radius 1 is 0.764 bits per heavy atom. The van der Waals surface area contributed by atoms with E-state index in [1.54, 1.807) is 24.3 Å². The molecule has 8 amide bonds. The second-order valence-electron chi connectivity index (χ2n) is 12.5. The molecule has 0 radical (unpaired) electrons. The minimum Gasteiger partial charge on any atom is -0.493 e. The quantitative estimate of drug-likeness (QED) is 0.142. The maximum atomic E-state index is 12.8. The lowest BCUT2D eigenvalue weighted by Crippen LogP contribution is -2.54. The second-order valence-corrected chi connectivity index (χ2v) is 12.5. The Balaban J connectivity index is 0.000000233. The molecule has 6 rings (SSSR count). The first kappa shape index (κ1) is 39.9. The van der Waals surface area contributed by atoms with Crippen molar-refractivity contribution in [3.63, 3.8) is 0 Å². The van der Waals surface area contributed by atoms with E-state index in [0.29, 0.717) is 38.7 Å². The molecule has 2 unspecified atom stereocenters. The van der Waals surface area contributed by atoms with Crippen LogP contribution in [0.3, 0.4) is 0 Å². The maximum absolute atomic E-state index is 12.8. The Morgan fingerprint density at radius 2 is 1.20 bits per heavy atom. The number of ether oxygens (including phenoxy) is 2. The number of aliphatic carboxylic acids is 1. The van der Waals surface area contributed by atoms with E-state index in [9.17, 15) is 52.3 Å². The number of piperidine rings is 2. The van der Waals surface area contributed by atoms with Crippen molar-refractivity contribution in [2.45, 2.75) is 76.3 Å². The smallest absolute Gasteiger partial charge is 0.303 e. The van der Waals surface area contributed by atoms with Gasteiger partial charge in [-0.25, -0.2) is 0 Å². The topological polar surface area (TPSA) is 240 Å². The van der Waals surface area contributed by atoms with Crippen molar-refractivity contribution in [3.8, 4) is 11.5 Å². The number of carbonyl (C=O) groups excluding carboxylic acids is 9. The number of nitrogens with zero attached hydrogens (tertiary/aromatic N) is 2. The van der Waals surface area contributed by atoms with Gasteiger partial charge in [0.05, 0.1) is 44.0 Å². The number of carbonyl (C=O) groups is 10. The molecule has 2 atom stereocenters. The fourth-order valence-electron chi connectivity index (χ4n) is 6.28. The number of amides is 8. The van der Waals surface area contributed by atoms with E-state index < -0.39 is 72.5 Å². The molecule has 4 aliphatic heterocycles. The van der Waals surface area contributed by atoms with Gasteiger partial charge in [0, 0.05) is 25.7 Å². The Bertz CT molecular complexity index is 1920. The van der Waals surface area contributed by atoms with Gasteiger partial charge in [-0.3, -0.25) is 68.0 Å². The summed E-state index contributed by atoms with van der Waals surface area (Å²) in [5.74, 6) is -4.95. The summed E-state index contributed by atoms with van der Waals surface area (Å²) in [6.45, 7) is 0.508. The van der Waals surface area contributed by atoms with E-state index in [2.05, 4.69) is 10.6 Å². The molecule has 2 fully saturated rings. The van der Waals surface area contributed by atoms with Gasteiger partial charge < -0.3 is 19.4 Å². The zero-order chi connectivity index (χ0) is 40.9. The fraction of sp³-hybridized carbons (Fsp3) is 0.405. The zero-order valence-electron chi connectivity index (χ0n) is 30.5. The molecule has 0 bridgehead atoms. The summed E-state index contributed by atoms with van der Waals surface area (Å²) >= 11 is 0. The summed E-state index contributed by atoms with van der Waals surface area (Å²) in [6.07, 6.45) is 3.85. The van der Waals surface area contributed by atoms with E-state index in [1.807, 2.05) is 0 Å². The molecule has 2 aromatic rings. The maximum Gasteiger partial charge on any atom is 0.303 e.